The molecule has 1 aliphatic heterocycles. The molecule has 1 heterocycles. The van der Waals surface area contributed by atoms with Crippen LogP contribution in [0, 0.1) is 0 Å². The Bertz CT molecular complexity index is 472. The molecule has 1 aliphatic rings. The number of nitrogens with zero attached hydrogens (tertiary/aromatic N) is 3. The number of hydrogen-bond donors (Lipinski definition) is 1. The van der Waals surface area contributed by atoms with Gasteiger partial charge in [-0.2, -0.15) is 0 Å². The van der Waals surface area contributed by atoms with E-state index < -0.39 is 6.10 Å². The summed E-state index contributed by atoms with van der Waals surface area (Å²) in [4.78, 5) is 14.6. The topological polar surface area (TPSA) is 87.1 Å². The number of carbonyl (C=O) groups is 1. The third kappa shape index (κ3) is 3.63. The van der Waals surface area contributed by atoms with Crippen LogP contribution in [0.4, 0.5) is 0 Å². The maximum absolute atomic E-state index is 11.9. The van der Waals surface area contributed by atoms with E-state index >= 15 is 0 Å². The Morgan fingerprint density at radius 2 is 2.32 bits per heavy atom. The molecule has 2 rings (SSSR count). The molecule has 0 radical (unpaired) electrons. The summed E-state index contributed by atoms with van der Waals surface area (Å²) < 4.78 is 5.59. The van der Waals surface area contributed by atoms with Gasteiger partial charge in [0.05, 0.1) is 0 Å². The van der Waals surface area contributed by atoms with Gasteiger partial charge in [-0.25, -0.2) is 0 Å². The van der Waals surface area contributed by atoms with Crippen molar-refractivity contribution in [3.63, 3.8) is 0 Å². The molecule has 0 aromatic heterocycles. The molecule has 1 unspecified atom stereocenters. The predicted octanol–water partition coefficient (Wildman–Crippen LogP) is 2.20. The Labute approximate surface area is 111 Å². The van der Waals surface area contributed by atoms with Gasteiger partial charge in [-0.15, -0.1) is 0 Å². The van der Waals surface area contributed by atoms with E-state index in [-0.39, 0.29) is 5.91 Å². The first-order valence-electron chi connectivity index (χ1n) is 6.34. The van der Waals surface area contributed by atoms with Crippen LogP contribution in [0.15, 0.2) is 29.4 Å². The fourth-order valence-electron chi connectivity index (χ4n) is 2.01. The maximum Gasteiger partial charge on any atom is 0.261 e. The molecule has 0 spiro atoms. The van der Waals surface area contributed by atoms with Gasteiger partial charge < -0.3 is 10.1 Å². The van der Waals surface area contributed by atoms with Crippen LogP contribution >= 0.6 is 0 Å². The number of rotatable bonds is 6. The summed E-state index contributed by atoms with van der Waals surface area (Å²) in [5.41, 5.74) is 9.19. The van der Waals surface area contributed by atoms with Gasteiger partial charge in [-0.1, -0.05) is 23.3 Å². The number of unbranched alkanes of at least 4 members (excludes halogenated alkanes) is 1. The van der Waals surface area contributed by atoms with Crippen LogP contribution in [0.1, 0.15) is 18.4 Å². The second kappa shape index (κ2) is 6.66. The monoisotopic (exact) mass is 260 g/mol. The third-order valence-corrected chi connectivity index (χ3v) is 2.99. The highest BCUT2D eigenvalue weighted by atomic mass is 16.5. The van der Waals surface area contributed by atoms with Crippen LogP contribution in [0.5, 0.6) is 5.75 Å². The van der Waals surface area contributed by atoms with E-state index in [0.717, 1.165) is 24.2 Å². The zero-order valence-corrected chi connectivity index (χ0v) is 10.6. The molecule has 1 atom stereocenters. The summed E-state index contributed by atoms with van der Waals surface area (Å²) in [5, 5.41) is 6.27. The molecule has 6 nitrogen and oxygen atoms in total. The average molecular weight is 260 g/mol. The van der Waals surface area contributed by atoms with Crippen LogP contribution in [-0.4, -0.2) is 25.1 Å². The summed E-state index contributed by atoms with van der Waals surface area (Å²) in [7, 11) is 0. The average Bonchev–Trinajstić information content (AvgIpc) is 2.86. The normalized spacial score (nSPS) is 16.1. The first kappa shape index (κ1) is 13.2. The number of para-hydroxylation sites is 1. The largest absolute Gasteiger partial charge is 0.480 e. The molecule has 1 N–H and O–H groups in total. The number of carbonyl (C=O) groups excluding carboxylic acids is 1. The van der Waals surface area contributed by atoms with E-state index in [1.165, 1.54) is 0 Å². The fraction of sp³-hybridized carbons (Fsp3) is 0.462. The fourth-order valence-corrected chi connectivity index (χ4v) is 2.01. The number of amides is 1. The highest BCUT2D eigenvalue weighted by Crippen LogP contribution is 2.27. The smallest absolute Gasteiger partial charge is 0.261 e. The van der Waals surface area contributed by atoms with Crippen LogP contribution < -0.4 is 10.1 Å². The van der Waals surface area contributed by atoms with Crippen molar-refractivity contribution in [1.82, 2.24) is 5.32 Å². The van der Waals surface area contributed by atoms with Crippen molar-refractivity contribution in [1.29, 1.82) is 0 Å². The lowest BCUT2D eigenvalue weighted by atomic mass is 10.1. The van der Waals surface area contributed by atoms with Crippen LogP contribution in [-0.2, 0) is 11.2 Å². The zero-order valence-electron chi connectivity index (χ0n) is 10.6. The van der Waals surface area contributed by atoms with Gasteiger partial charge >= 0.3 is 0 Å². The van der Waals surface area contributed by atoms with Crippen molar-refractivity contribution in [2.75, 3.05) is 13.1 Å². The van der Waals surface area contributed by atoms with Crippen LogP contribution in [0.25, 0.3) is 10.4 Å². The summed E-state index contributed by atoms with van der Waals surface area (Å²) in [6.45, 7) is 1.05. The first-order chi connectivity index (χ1) is 9.31. The maximum atomic E-state index is 11.9. The first-order valence-corrected chi connectivity index (χ1v) is 6.34. The molecule has 0 bridgehead atoms. The number of fused-ring (bicyclic) bond motifs is 1. The minimum atomic E-state index is -0.422. The summed E-state index contributed by atoms with van der Waals surface area (Å²) in [5.74, 6) is 0.714. The second-order valence-corrected chi connectivity index (χ2v) is 4.37. The van der Waals surface area contributed by atoms with Gasteiger partial charge in [0, 0.05) is 24.4 Å². The molecule has 0 fully saturated rings. The highest BCUT2D eigenvalue weighted by molar-refractivity contribution is 5.82. The van der Waals surface area contributed by atoms with Crippen molar-refractivity contribution in [2.24, 2.45) is 5.11 Å². The van der Waals surface area contributed by atoms with Crippen molar-refractivity contribution in [2.45, 2.75) is 25.4 Å². The number of azide groups is 1. The molecule has 100 valence electrons. The Morgan fingerprint density at radius 3 is 3.11 bits per heavy atom. The summed E-state index contributed by atoms with van der Waals surface area (Å²) >= 11 is 0. The zero-order chi connectivity index (χ0) is 13.5. The lowest BCUT2D eigenvalue weighted by Gasteiger charge is -2.10. The molecule has 19 heavy (non-hydrogen) atoms. The lowest BCUT2D eigenvalue weighted by molar-refractivity contribution is -0.127. The van der Waals surface area contributed by atoms with E-state index in [1.807, 2.05) is 24.3 Å². The number of ether oxygens (including phenoxy) is 1. The van der Waals surface area contributed by atoms with E-state index in [0.29, 0.717) is 19.5 Å². The van der Waals surface area contributed by atoms with Gasteiger partial charge in [0.1, 0.15) is 5.75 Å². The highest BCUT2D eigenvalue weighted by Gasteiger charge is 2.28. The minimum absolute atomic E-state index is 0.0833. The molecular weight excluding hydrogens is 244 g/mol. The van der Waals surface area contributed by atoms with Crippen molar-refractivity contribution in [3.05, 3.63) is 40.3 Å². The Balaban J connectivity index is 1.70. The Kier molecular flexibility index (Phi) is 4.64. The van der Waals surface area contributed by atoms with Gasteiger partial charge in [-0.05, 0) is 30.0 Å². The number of benzene rings is 1. The number of nitrogens with one attached hydrogen (secondary N) is 1. The SMILES string of the molecule is [N-]=[N+]=NCCCCNC(=O)C1Cc2ccccc2O1. The Morgan fingerprint density at radius 1 is 1.47 bits per heavy atom. The predicted molar refractivity (Wildman–Crippen MR) is 70.8 cm³/mol. The van der Waals surface area contributed by atoms with E-state index in [9.17, 15) is 4.79 Å². The molecule has 1 aromatic rings. The van der Waals surface area contributed by atoms with Gasteiger partial charge in [0.25, 0.3) is 5.91 Å². The molecular formula is C13H16N4O2. The molecule has 0 aliphatic carbocycles. The van der Waals surface area contributed by atoms with E-state index in [4.69, 9.17) is 10.3 Å². The lowest BCUT2D eigenvalue weighted by Crippen LogP contribution is -2.37. The van der Waals surface area contributed by atoms with E-state index in [2.05, 4.69) is 15.3 Å². The quantitative estimate of drug-likeness (QED) is 0.368. The van der Waals surface area contributed by atoms with E-state index in [1.54, 1.807) is 0 Å². The van der Waals surface area contributed by atoms with Crippen molar-refractivity contribution >= 4 is 5.91 Å². The molecule has 0 saturated heterocycles. The standard InChI is InChI=1S/C13H16N4O2/c14-17-16-8-4-3-7-15-13(18)12-9-10-5-1-2-6-11(10)19-12/h1-2,5-6,12H,3-4,7-9H2,(H,15,18). The number of hydrogen-bond acceptors (Lipinski definition) is 3. The van der Waals surface area contributed by atoms with Crippen molar-refractivity contribution < 1.29 is 9.53 Å². The van der Waals surface area contributed by atoms with Gasteiger partial charge in [0.2, 0.25) is 0 Å². The third-order valence-electron chi connectivity index (χ3n) is 2.99. The second-order valence-electron chi connectivity index (χ2n) is 4.37. The Hall–Kier alpha value is -2.20. The summed E-state index contributed by atoms with van der Waals surface area (Å²) in [6, 6.07) is 7.69. The van der Waals surface area contributed by atoms with Crippen LogP contribution in [0.2, 0.25) is 0 Å². The molecule has 1 aromatic carbocycles. The van der Waals surface area contributed by atoms with Gasteiger partial charge in [0.15, 0.2) is 6.10 Å². The summed E-state index contributed by atoms with van der Waals surface area (Å²) in [6.07, 6.45) is 1.77. The van der Waals surface area contributed by atoms with Crippen LogP contribution in [0.3, 0.4) is 0 Å². The molecule has 6 heteroatoms. The molecule has 0 saturated carbocycles. The van der Waals surface area contributed by atoms with Gasteiger partial charge in [-0.3, -0.25) is 4.79 Å². The van der Waals surface area contributed by atoms with Crippen molar-refractivity contribution in [3.8, 4) is 5.75 Å². The minimum Gasteiger partial charge on any atom is -0.480 e. The molecule has 1 amide bonds.